The largest absolute Gasteiger partial charge is 0.459 e. The lowest BCUT2D eigenvalue weighted by atomic mass is 9.93. The second-order valence-electron chi connectivity index (χ2n) is 5.04. The number of carbonyl (C=O) groups excluding carboxylic acids is 1. The molecule has 0 saturated carbocycles. The molecule has 1 aromatic rings. The van der Waals surface area contributed by atoms with E-state index in [0.717, 1.165) is 26.2 Å². The molecular formula is C12H18N2O2. The number of nitrogens with one attached hydrogen (secondary N) is 1. The van der Waals surface area contributed by atoms with E-state index in [4.69, 9.17) is 4.42 Å². The van der Waals surface area contributed by atoms with Gasteiger partial charge in [-0.3, -0.25) is 4.79 Å². The van der Waals surface area contributed by atoms with Gasteiger partial charge in [0.2, 0.25) is 0 Å². The van der Waals surface area contributed by atoms with E-state index in [2.05, 4.69) is 19.2 Å². The van der Waals surface area contributed by atoms with Crippen molar-refractivity contribution in [2.24, 2.45) is 5.41 Å². The molecule has 88 valence electrons. The number of rotatable bonds is 1. The standard InChI is InChI=1S/C12H18N2O2/c1-12(2)8-13-5-6-14(9-12)11(15)10-4-3-7-16-10/h3-4,7,13H,5-6,8-9H2,1-2H3. The van der Waals surface area contributed by atoms with E-state index >= 15 is 0 Å². The molecule has 1 saturated heterocycles. The van der Waals surface area contributed by atoms with Gasteiger partial charge in [0.15, 0.2) is 5.76 Å². The summed E-state index contributed by atoms with van der Waals surface area (Å²) in [5, 5.41) is 3.34. The highest BCUT2D eigenvalue weighted by molar-refractivity contribution is 5.91. The predicted molar refractivity (Wildman–Crippen MR) is 61.3 cm³/mol. The van der Waals surface area contributed by atoms with Gasteiger partial charge in [0.25, 0.3) is 5.91 Å². The second kappa shape index (κ2) is 4.29. The van der Waals surface area contributed by atoms with Crippen LogP contribution in [0.25, 0.3) is 0 Å². The number of amides is 1. The molecule has 2 rings (SSSR count). The molecule has 1 N–H and O–H groups in total. The van der Waals surface area contributed by atoms with Crippen molar-refractivity contribution in [1.29, 1.82) is 0 Å². The summed E-state index contributed by atoms with van der Waals surface area (Å²) >= 11 is 0. The van der Waals surface area contributed by atoms with Gasteiger partial charge in [-0.25, -0.2) is 0 Å². The summed E-state index contributed by atoms with van der Waals surface area (Å²) in [7, 11) is 0. The molecule has 0 aromatic carbocycles. The number of hydrogen-bond acceptors (Lipinski definition) is 3. The summed E-state index contributed by atoms with van der Waals surface area (Å²) in [6.45, 7) is 7.61. The third-order valence-electron chi connectivity index (χ3n) is 2.80. The molecule has 0 spiro atoms. The smallest absolute Gasteiger partial charge is 0.289 e. The topological polar surface area (TPSA) is 45.5 Å². The van der Waals surface area contributed by atoms with Crippen molar-refractivity contribution in [1.82, 2.24) is 10.2 Å². The molecule has 2 heterocycles. The molecule has 4 nitrogen and oxygen atoms in total. The molecule has 1 amide bonds. The van der Waals surface area contributed by atoms with Gasteiger partial charge in [-0.15, -0.1) is 0 Å². The molecule has 16 heavy (non-hydrogen) atoms. The van der Waals surface area contributed by atoms with Gasteiger partial charge in [0, 0.05) is 26.2 Å². The second-order valence-corrected chi connectivity index (χ2v) is 5.04. The van der Waals surface area contributed by atoms with Crippen LogP contribution in [0.1, 0.15) is 24.4 Å². The van der Waals surface area contributed by atoms with Crippen molar-refractivity contribution in [3.05, 3.63) is 24.2 Å². The maximum atomic E-state index is 12.1. The molecular weight excluding hydrogens is 204 g/mol. The predicted octanol–water partition coefficient (Wildman–Crippen LogP) is 1.35. The lowest BCUT2D eigenvalue weighted by molar-refractivity contribution is 0.0685. The molecule has 1 aromatic heterocycles. The fourth-order valence-corrected chi connectivity index (χ4v) is 2.02. The van der Waals surface area contributed by atoms with Crippen LogP contribution < -0.4 is 5.32 Å². The fraction of sp³-hybridized carbons (Fsp3) is 0.583. The zero-order valence-electron chi connectivity index (χ0n) is 9.82. The molecule has 1 aliphatic rings. The minimum Gasteiger partial charge on any atom is -0.459 e. The summed E-state index contributed by atoms with van der Waals surface area (Å²) in [6.07, 6.45) is 1.54. The van der Waals surface area contributed by atoms with Crippen LogP contribution in [-0.4, -0.2) is 37.0 Å². The Morgan fingerprint density at radius 3 is 3.06 bits per heavy atom. The number of furan rings is 1. The van der Waals surface area contributed by atoms with Crippen LogP contribution in [0.4, 0.5) is 0 Å². The van der Waals surface area contributed by atoms with Crippen molar-refractivity contribution < 1.29 is 9.21 Å². The first-order valence-electron chi connectivity index (χ1n) is 5.62. The molecule has 4 heteroatoms. The Labute approximate surface area is 95.6 Å². The average molecular weight is 222 g/mol. The molecule has 1 aliphatic heterocycles. The summed E-state index contributed by atoms with van der Waals surface area (Å²) in [5.41, 5.74) is 0.110. The van der Waals surface area contributed by atoms with E-state index in [9.17, 15) is 4.79 Å². The fourth-order valence-electron chi connectivity index (χ4n) is 2.02. The van der Waals surface area contributed by atoms with Crippen LogP contribution in [-0.2, 0) is 0 Å². The van der Waals surface area contributed by atoms with E-state index in [0.29, 0.717) is 5.76 Å². The van der Waals surface area contributed by atoms with Crippen molar-refractivity contribution in [3.8, 4) is 0 Å². The quantitative estimate of drug-likeness (QED) is 0.780. The summed E-state index contributed by atoms with van der Waals surface area (Å²) < 4.78 is 5.15. The first-order valence-corrected chi connectivity index (χ1v) is 5.62. The van der Waals surface area contributed by atoms with Gasteiger partial charge < -0.3 is 14.6 Å². The van der Waals surface area contributed by atoms with E-state index in [-0.39, 0.29) is 11.3 Å². The Balaban J connectivity index is 2.11. The average Bonchev–Trinajstić information content (AvgIpc) is 2.68. The van der Waals surface area contributed by atoms with Gasteiger partial charge in [0.05, 0.1) is 6.26 Å². The van der Waals surface area contributed by atoms with Crippen LogP contribution in [0.5, 0.6) is 0 Å². The lowest BCUT2D eigenvalue weighted by Crippen LogP contribution is -2.39. The molecule has 0 aliphatic carbocycles. The van der Waals surface area contributed by atoms with Crippen molar-refractivity contribution in [2.45, 2.75) is 13.8 Å². The zero-order chi connectivity index (χ0) is 11.6. The normalized spacial score (nSPS) is 20.5. The highest BCUT2D eigenvalue weighted by Crippen LogP contribution is 2.19. The molecule has 0 atom stereocenters. The van der Waals surface area contributed by atoms with Crippen molar-refractivity contribution in [2.75, 3.05) is 26.2 Å². The van der Waals surface area contributed by atoms with E-state index < -0.39 is 0 Å². The Bertz CT molecular complexity index is 357. The van der Waals surface area contributed by atoms with Crippen LogP contribution in [0, 0.1) is 5.41 Å². The SMILES string of the molecule is CC1(C)CNCCN(C(=O)c2ccco2)C1. The summed E-state index contributed by atoms with van der Waals surface area (Å²) in [4.78, 5) is 14.0. The summed E-state index contributed by atoms with van der Waals surface area (Å²) in [5.74, 6) is 0.416. The molecule has 0 unspecified atom stereocenters. The third-order valence-corrected chi connectivity index (χ3v) is 2.80. The lowest BCUT2D eigenvalue weighted by Gasteiger charge is -2.28. The van der Waals surface area contributed by atoms with Crippen LogP contribution in [0.2, 0.25) is 0 Å². The van der Waals surface area contributed by atoms with E-state index in [1.54, 1.807) is 12.1 Å². The van der Waals surface area contributed by atoms with Gasteiger partial charge in [-0.2, -0.15) is 0 Å². The monoisotopic (exact) mass is 222 g/mol. The minimum atomic E-state index is -0.0122. The Kier molecular flexibility index (Phi) is 3.01. The van der Waals surface area contributed by atoms with Gasteiger partial charge in [-0.05, 0) is 17.5 Å². The molecule has 1 fully saturated rings. The highest BCUT2D eigenvalue weighted by atomic mass is 16.3. The van der Waals surface area contributed by atoms with Gasteiger partial charge in [0.1, 0.15) is 0 Å². The zero-order valence-corrected chi connectivity index (χ0v) is 9.82. The Morgan fingerprint density at radius 1 is 1.56 bits per heavy atom. The third kappa shape index (κ3) is 2.44. The first-order chi connectivity index (χ1) is 7.58. The maximum Gasteiger partial charge on any atom is 0.289 e. The number of nitrogens with zero attached hydrogens (tertiary/aromatic N) is 1. The Morgan fingerprint density at radius 2 is 2.38 bits per heavy atom. The van der Waals surface area contributed by atoms with Gasteiger partial charge in [-0.1, -0.05) is 13.8 Å². The number of carbonyl (C=O) groups is 1. The molecule has 0 radical (unpaired) electrons. The van der Waals surface area contributed by atoms with Crippen LogP contribution in [0.15, 0.2) is 22.8 Å². The van der Waals surface area contributed by atoms with E-state index in [1.807, 2.05) is 4.90 Å². The van der Waals surface area contributed by atoms with Crippen molar-refractivity contribution in [3.63, 3.8) is 0 Å². The van der Waals surface area contributed by atoms with E-state index in [1.165, 1.54) is 6.26 Å². The highest BCUT2D eigenvalue weighted by Gasteiger charge is 2.28. The maximum absolute atomic E-state index is 12.1. The molecule has 0 bridgehead atoms. The Hall–Kier alpha value is -1.29. The van der Waals surface area contributed by atoms with Gasteiger partial charge >= 0.3 is 0 Å². The summed E-state index contributed by atoms with van der Waals surface area (Å²) in [6, 6.07) is 3.46. The van der Waals surface area contributed by atoms with Crippen LogP contribution in [0.3, 0.4) is 0 Å². The number of hydrogen-bond donors (Lipinski definition) is 1. The minimum absolute atomic E-state index is 0.0122. The van der Waals surface area contributed by atoms with Crippen LogP contribution >= 0.6 is 0 Å². The van der Waals surface area contributed by atoms with Crippen molar-refractivity contribution >= 4 is 5.91 Å². The first kappa shape index (κ1) is 11.2.